The minimum atomic E-state index is -0.314. The number of carbonyl (C=O) groups excluding carboxylic acids is 1. The zero-order valence-corrected chi connectivity index (χ0v) is 18.3. The van der Waals surface area contributed by atoms with Gasteiger partial charge < -0.3 is 5.32 Å². The molecule has 0 spiro atoms. The highest BCUT2D eigenvalue weighted by Gasteiger charge is 2.19. The van der Waals surface area contributed by atoms with Crippen LogP contribution in [0.25, 0.3) is 17.1 Å². The molecule has 7 heteroatoms. The van der Waals surface area contributed by atoms with Gasteiger partial charge in [-0.05, 0) is 68.5 Å². The molecule has 1 N–H and O–H groups in total. The van der Waals surface area contributed by atoms with Gasteiger partial charge in [0.25, 0.3) is 11.9 Å². The minimum Gasteiger partial charge on any atom is -0.305 e. The second kappa shape index (κ2) is 8.10. The Balaban J connectivity index is 1.65. The van der Waals surface area contributed by atoms with Gasteiger partial charge in [-0.1, -0.05) is 24.3 Å². The first kappa shape index (κ1) is 20.4. The maximum Gasteiger partial charge on any atom is 0.275 e. The van der Waals surface area contributed by atoms with Crippen LogP contribution in [-0.4, -0.2) is 30.6 Å². The van der Waals surface area contributed by atoms with Crippen molar-refractivity contribution in [2.24, 2.45) is 0 Å². The highest BCUT2D eigenvalue weighted by Crippen LogP contribution is 2.23. The van der Waals surface area contributed by atoms with E-state index >= 15 is 0 Å². The number of amides is 1. The van der Waals surface area contributed by atoms with Gasteiger partial charge in [-0.3, -0.25) is 4.79 Å². The smallest absolute Gasteiger partial charge is 0.275 e. The Morgan fingerprint density at radius 1 is 0.871 bits per heavy atom. The quantitative estimate of drug-likeness (QED) is 0.533. The molecule has 0 radical (unpaired) electrons. The number of anilines is 1. The molecule has 0 fully saturated rings. The van der Waals surface area contributed by atoms with Gasteiger partial charge in [0.15, 0.2) is 0 Å². The molecule has 0 aliphatic heterocycles. The number of nitrogens with one attached hydrogen (secondary N) is 1. The van der Waals surface area contributed by atoms with Crippen LogP contribution in [0.2, 0.25) is 0 Å². The van der Waals surface area contributed by atoms with Gasteiger partial charge in [-0.2, -0.15) is 9.78 Å². The van der Waals surface area contributed by atoms with E-state index in [2.05, 4.69) is 25.4 Å². The van der Waals surface area contributed by atoms with E-state index in [1.165, 1.54) is 4.68 Å². The van der Waals surface area contributed by atoms with Crippen molar-refractivity contribution in [1.82, 2.24) is 24.7 Å². The maximum atomic E-state index is 13.0. The van der Waals surface area contributed by atoms with Gasteiger partial charge in [-0.25, -0.2) is 15.0 Å². The summed E-state index contributed by atoms with van der Waals surface area (Å²) >= 11 is 0. The van der Waals surface area contributed by atoms with Crippen LogP contribution < -0.4 is 5.32 Å². The van der Waals surface area contributed by atoms with E-state index in [0.29, 0.717) is 23.2 Å². The summed E-state index contributed by atoms with van der Waals surface area (Å²) in [5, 5.41) is 7.32. The van der Waals surface area contributed by atoms with Crippen molar-refractivity contribution in [3.8, 4) is 17.1 Å². The van der Waals surface area contributed by atoms with Crippen LogP contribution >= 0.6 is 0 Å². The SMILES string of the molecule is Cc1cc(C(=O)Nc2ncc(C)c(C)c2C)n(-c2ncc(-c3ccccc3C)cn2)n1. The number of pyridine rings is 1. The van der Waals surface area contributed by atoms with Crippen LogP contribution in [0.5, 0.6) is 0 Å². The Kier molecular flexibility index (Phi) is 5.33. The van der Waals surface area contributed by atoms with E-state index < -0.39 is 0 Å². The zero-order chi connectivity index (χ0) is 22.1. The van der Waals surface area contributed by atoms with E-state index in [4.69, 9.17) is 0 Å². The lowest BCUT2D eigenvalue weighted by molar-refractivity contribution is 0.101. The predicted molar refractivity (Wildman–Crippen MR) is 120 cm³/mol. The summed E-state index contributed by atoms with van der Waals surface area (Å²) in [4.78, 5) is 26.3. The van der Waals surface area contributed by atoms with E-state index in [1.54, 1.807) is 24.7 Å². The van der Waals surface area contributed by atoms with Crippen molar-refractivity contribution >= 4 is 11.7 Å². The first-order chi connectivity index (χ1) is 14.8. The number of aryl methyl sites for hydroxylation is 3. The average molecular weight is 412 g/mol. The lowest BCUT2D eigenvalue weighted by Gasteiger charge is -2.12. The van der Waals surface area contributed by atoms with Crippen LogP contribution in [0.3, 0.4) is 0 Å². The lowest BCUT2D eigenvalue weighted by Crippen LogP contribution is -2.19. The topological polar surface area (TPSA) is 85.6 Å². The van der Waals surface area contributed by atoms with Crippen molar-refractivity contribution in [1.29, 1.82) is 0 Å². The first-order valence-corrected chi connectivity index (χ1v) is 10.0. The minimum absolute atomic E-state index is 0.314. The molecule has 0 aliphatic rings. The van der Waals surface area contributed by atoms with Gasteiger partial charge in [0.1, 0.15) is 11.5 Å². The summed E-state index contributed by atoms with van der Waals surface area (Å²) in [5.41, 5.74) is 7.29. The van der Waals surface area contributed by atoms with E-state index in [9.17, 15) is 4.79 Å². The molecule has 0 aliphatic carbocycles. The fourth-order valence-electron chi connectivity index (χ4n) is 3.41. The summed E-state index contributed by atoms with van der Waals surface area (Å²) in [6, 6.07) is 9.77. The molecule has 3 aromatic heterocycles. The maximum absolute atomic E-state index is 13.0. The Morgan fingerprint density at radius 3 is 2.29 bits per heavy atom. The molecule has 0 unspecified atom stereocenters. The van der Waals surface area contributed by atoms with Crippen molar-refractivity contribution in [3.05, 3.63) is 82.6 Å². The summed E-state index contributed by atoms with van der Waals surface area (Å²) in [5.74, 6) is 0.556. The van der Waals surface area contributed by atoms with Gasteiger partial charge in [0.05, 0.1) is 5.69 Å². The molecule has 7 nitrogen and oxygen atoms in total. The number of hydrogen-bond acceptors (Lipinski definition) is 5. The molecule has 4 aromatic rings. The molecule has 0 atom stereocenters. The number of hydrogen-bond donors (Lipinski definition) is 1. The molecule has 31 heavy (non-hydrogen) atoms. The van der Waals surface area contributed by atoms with Crippen LogP contribution in [-0.2, 0) is 0 Å². The van der Waals surface area contributed by atoms with Crippen molar-refractivity contribution < 1.29 is 4.79 Å². The molecule has 0 saturated heterocycles. The molecule has 0 bridgehead atoms. The van der Waals surface area contributed by atoms with Crippen LogP contribution in [0.1, 0.15) is 38.4 Å². The largest absolute Gasteiger partial charge is 0.305 e. The lowest BCUT2D eigenvalue weighted by atomic mass is 10.0. The highest BCUT2D eigenvalue weighted by molar-refractivity contribution is 6.03. The van der Waals surface area contributed by atoms with Crippen LogP contribution in [0, 0.1) is 34.6 Å². The standard InChI is InChI=1S/C24H24N6O/c1-14-8-6-7-9-20(14)19-12-26-24(27-13-19)30-21(10-16(3)29-30)23(31)28-22-18(5)17(4)15(2)11-25-22/h6-13H,1-5H3,(H,25,28,31). The molecule has 1 amide bonds. The van der Waals surface area contributed by atoms with Gasteiger partial charge in [0.2, 0.25) is 0 Å². The van der Waals surface area contributed by atoms with E-state index in [0.717, 1.165) is 33.4 Å². The van der Waals surface area contributed by atoms with Crippen molar-refractivity contribution in [2.45, 2.75) is 34.6 Å². The van der Waals surface area contributed by atoms with E-state index in [1.807, 2.05) is 58.9 Å². The zero-order valence-electron chi connectivity index (χ0n) is 18.3. The molecular weight excluding hydrogens is 388 g/mol. The molecular formula is C24H24N6O. The van der Waals surface area contributed by atoms with Crippen LogP contribution in [0.15, 0.2) is 48.9 Å². The fraction of sp³-hybridized carbons (Fsp3) is 0.208. The summed E-state index contributed by atoms with van der Waals surface area (Å²) in [7, 11) is 0. The second-order valence-corrected chi connectivity index (χ2v) is 7.66. The molecule has 3 heterocycles. The third-order valence-electron chi connectivity index (χ3n) is 5.48. The Labute approximate surface area is 181 Å². The number of benzene rings is 1. The van der Waals surface area contributed by atoms with Crippen molar-refractivity contribution in [3.63, 3.8) is 0 Å². The third kappa shape index (κ3) is 3.94. The molecule has 4 rings (SSSR count). The Hall–Kier alpha value is -3.87. The highest BCUT2D eigenvalue weighted by atomic mass is 16.2. The predicted octanol–water partition coefficient (Wildman–Crippen LogP) is 4.52. The molecule has 0 saturated carbocycles. The second-order valence-electron chi connectivity index (χ2n) is 7.66. The van der Waals surface area contributed by atoms with E-state index in [-0.39, 0.29) is 5.91 Å². The Bertz CT molecular complexity index is 1270. The summed E-state index contributed by atoms with van der Waals surface area (Å²) in [6.45, 7) is 9.83. The van der Waals surface area contributed by atoms with Crippen molar-refractivity contribution in [2.75, 3.05) is 5.32 Å². The number of carbonyl (C=O) groups is 1. The van der Waals surface area contributed by atoms with Gasteiger partial charge in [-0.15, -0.1) is 0 Å². The molecule has 156 valence electrons. The Morgan fingerprint density at radius 2 is 1.58 bits per heavy atom. The van der Waals surface area contributed by atoms with Crippen LogP contribution in [0.4, 0.5) is 5.82 Å². The monoisotopic (exact) mass is 412 g/mol. The normalized spacial score (nSPS) is 10.9. The average Bonchev–Trinajstić information content (AvgIpc) is 3.16. The van der Waals surface area contributed by atoms with Gasteiger partial charge >= 0.3 is 0 Å². The fourth-order valence-corrected chi connectivity index (χ4v) is 3.41. The summed E-state index contributed by atoms with van der Waals surface area (Å²) < 4.78 is 1.46. The number of nitrogens with zero attached hydrogens (tertiary/aromatic N) is 5. The third-order valence-corrected chi connectivity index (χ3v) is 5.48. The number of aromatic nitrogens is 5. The first-order valence-electron chi connectivity index (χ1n) is 10.0. The molecule has 1 aromatic carbocycles. The number of rotatable bonds is 4. The van der Waals surface area contributed by atoms with Gasteiger partial charge in [0, 0.05) is 24.2 Å². The summed E-state index contributed by atoms with van der Waals surface area (Å²) in [6.07, 6.45) is 5.25.